The van der Waals surface area contributed by atoms with E-state index in [2.05, 4.69) is 0 Å². The van der Waals surface area contributed by atoms with Crippen molar-refractivity contribution in [3.05, 3.63) is 42.0 Å². The van der Waals surface area contributed by atoms with Gasteiger partial charge >= 0.3 is 6.18 Å². The number of halogens is 3. The standard InChI is InChI=1S/C11H8F3N/c12-11(13,14)10-3-1-2-7-6-8(15)4-5-9(7)10/h1-6H,15H2. The molecule has 0 amide bonds. The summed E-state index contributed by atoms with van der Waals surface area (Å²) < 4.78 is 37.8. The lowest BCUT2D eigenvalue weighted by Gasteiger charge is -2.10. The van der Waals surface area contributed by atoms with E-state index in [1.165, 1.54) is 24.3 Å². The van der Waals surface area contributed by atoms with Gasteiger partial charge in [-0.15, -0.1) is 0 Å². The number of alkyl halides is 3. The van der Waals surface area contributed by atoms with Crippen LogP contribution in [-0.4, -0.2) is 0 Å². The van der Waals surface area contributed by atoms with E-state index in [1.807, 2.05) is 0 Å². The van der Waals surface area contributed by atoms with Gasteiger partial charge in [0, 0.05) is 5.69 Å². The average Bonchev–Trinajstić information content (AvgIpc) is 2.15. The Morgan fingerprint density at radius 1 is 1.00 bits per heavy atom. The predicted octanol–water partition coefficient (Wildman–Crippen LogP) is 3.44. The van der Waals surface area contributed by atoms with E-state index in [-0.39, 0.29) is 5.39 Å². The summed E-state index contributed by atoms with van der Waals surface area (Å²) in [5.41, 5.74) is 5.34. The fourth-order valence-electron chi connectivity index (χ4n) is 1.55. The summed E-state index contributed by atoms with van der Waals surface area (Å²) >= 11 is 0. The second-order valence-corrected chi connectivity index (χ2v) is 3.28. The van der Waals surface area contributed by atoms with Crippen molar-refractivity contribution in [3.8, 4) is 0 Å². The third-order valence-electron chi connectivity index (χ3n) is 2.21. The highest BCUT2D eigenvalue weighted by molar-refractivity contribution is 5.88. The number of nitrogens with two attached hydrogens (primary N) is 1. The molecule has 0 aromatic heterocycles. The SMILES string of the molecule is Nc1ccc2c(C(F)(F)F)cccc2c1. The van der Waals surface area contributed by atoms with Crippen molar-refractivity contribution >= 4 is 16.5 Å². The maximum absolute atomic E-state index is 12.6. The Kier molecular flexibility index (Phi) is 2.07. The van der Waals surface area contributed by atoms with E-state index in [0.717, 1.165) is 6.07 Å². The van der Waals surface area contributed by atoms with Crippen molar-refractivity contribution in [2.24, 2.45) is 0 Å². The Hall–Kier alpha value is -1.71. The summed E-state index contributed by atoms with van der Waals surface area (Å²) in [6.07, 6.45) is -4.32. The lowest BCUT2D eigenvalue weighted by molar-refractivity contribution is -0.136. The molecular weight excluding hydrogens is 203 g/mol. The van der Waals surface area contributed by atoms with Gasteiger partial charge in [-0.2, -0.15) is 13.2 Å². The van der Waals surface area contributed by atoms with Gasteiger partial charge < -0.3 is 5.73 Å². The molecular formula is C11H8F3N. The summed E-state index contributed by atoms with van der Waals surface area (Å²) in [6.45, 7) is 0. The number of nitrogen functional groups attached to an aromatic ring is 1. The van der Waals surface area contributed by atoms with Crippen LogP contribution < -0.4 is 5.73 Å². The van der Waals surface area contributed by atoms with Gasteiger partial charge in [-0.3, -0.25) is 0 Å². The molecule has 0 bridgehead atoms. The maximum atomic E-state index is 12.6. The van der Waals surface area contributed by atoms with Crippen LogP contribution in [0.2, 0.25) is 0 Å². The lowest BCUT2D eigenvalue weighted by atomic mass is 10.0. The van der Waals surface area contributed by atoms with Crippen molar-refractivity contribution in [3.63, 3.8) is 0 Å². The second kappa shape index (κ2) is 3.15. The second-order valence-electron chi connectivity index (χ2n) is 3.28. The van der Waals surface area contributed by atoms with E-state index in [0.29, 0.717) is 11.1 Å². The smallest absolute Gasteiger partial charge is 0.399 e. The third-order valence-corrected chi connectivity index (χ3v) is 2.21. The molecule has 1 nitrogen and oxygen atoms in total. The van der Waals surface area contributed by atoms with E-state index in [9.17, 15) is 13.2 Å². The molecule has 0 radical (unpaired) electrons. The number of anilines is 1. The monoisotopic (exact) mass is 211 g/mol. The maximum Gasteiger partial charge on any atom is 0.417 e. The molecule has 0 aliphatic heterocycles. The van der Waals surface area contributed by atoms with Crippen LogP contribution in [0.5, 0.6) is 0 Å². The fraction of sp³-hybridized carbons (Fsp3) is 0.0909. The summed E-state index contributed by atoms with van der Waals surface area (Å²) in [4.78, 5) is 0. The molecule has 4 heteroatoms. The molecule has 2 N–H and O–H groups in total. The summed E-state index contributed by atoms with van der Waals surface area (Å²) in [5.74, 6) is 0. The lowest BCUT2D eigenvalue weighted by Crippen LogP contribution is -2.05. The molecule has 0 aliphatic carbocycles. The Balaban J connectivity index is 2.77. The first-order chi connectivity index (χ1) is 6.98. The van der Waals surface area contributed by atoms with Crippen LogP contribution in [0, 0.1) is 0 Å². The van der Waals surface area contributed by atoms with Crippen LogP contribution in [0.4, 0.5) is 18.9 Å². The molecule has 2 aromatic rings. The Morgan fingerprint density at radius 3 is 2.40 bits per heavy atom. The first-order valence-electron chi connectivity index (χ1n) is 4.34. The highest BCUT2D eigenvalue weighted by Crippen LogP contribution is 2.35. The van der Waals surface area contributed by atoms with Crippen LogP contribution in [0.15, 0.2) is 36.4 Å². The number of hydrogen-bond donors (Lipinski definition) is 1. The Labute approximate surface area is 84.3 Å². The zero-order valence-electron chi connectivity index (χ0n) is 7.68. The van der Waals surface area contributed by atoms with E-state index >= 15 is 0 Å². The highest BCUT2D eigenvalue weighted by atomic mass is 19.4. The molecule has 0 heterocycles. The number of rotatable bonds is 0. The van der Waals surface area contributed by atoms with Crippen LogP contribution in [0.3, 0.4) is 0 Å². The van der Waals surface area contributed by atoms with E-state index in [4.69, 9.17) is 5.73 Å². The number of fused-ring (bicyclic) bond motifs is 1. The van der Waals surface area contributed by atoms with Crippen molar-refractivity contribution in [2.45, 2.75) is 6.18 Å². The molecule has 0 atom stereocenters. The topological polar surface area (TPSA) is 26.0 Å². The molecule has 2 aromatic carbocycles. The number of benzene rings is 2. The molecule has 2 rings (SSSR count). The fourth-order valence-corrected chi connectivity index (χ4v) is 1.55. The Bertz CT molecular complexity index is 503. The van der Waals surface area contributed by atoms with Gasteiger partial charge in [0.2, 0.25) is 0 Å². The minimum Gasteiger partial charge on any atom is -0.399 e. The zero-order valence-corrected chi connectivity index (χ0v) is 7.68. The van der Waals surface area contributed by atoms with Crippen LogP contribution in [-0.2, 0) is 6.18 Å². The van der Waals surface area contributed by atoms with Gasteiger partial charge in [-0.25, -0.2) is 0 Å². The van der Waals surface area contributed by atoms with Gasteiger partial charge in [0.1, 0.15) is 0 Å². The Morgan fingerprint density at radius 2 is 1.73 bits per heavy atom. The number of hydrogen-bond acceptors (Lipinski definition) is 1. The minimum atomic E-state index is -4.32. The van der Waals surface area contributed by atoms with Crippen molar-refractivity contribution < 1.29 is 13.2 Å². The van der Waals surface area contributed by atoms with Gasteiger partial charge in [0.15, 0.2) is 0 Å². The van der Waals surface area contributed by atoms with Crippen molar-refractivity contribution in [1.29, 1.82) is 0 Å². The molecule has 0 saturated carbocycles. The summed E-state index contributed by atoms with van der Waals surface area (Å²) in [7, 11) is 0. The first-order valence-corrected chi connectivity index (χ1v) is 4.34. The van der Waals surface area contributed by atoms with Crippen molar-refractivity contribution in [2.75, 3.05) is 5.73 Å². The predicted molar refractivity (Wildman–Crippen MR) is 53.4 cm³/mol. The van der Waals surface area contributed by atoms with Gasteiger partial charge in [-0.1, -0.05) is 18.2 Å². The van der Waals surface area contributed by atoms with Crippen LogP contribution >= 0.6 is 0 Å². The quantitative estimate of drug-likeness (QED) is 0.663. The minimum absolute atomic E-state index is 0.180. The highest BCUT2D eigenvalue weighted by Gasteiger charge is 2.32. The molecule has 78 valence electrons. The molecule has 0 spiro atoms. The van der Waals surface area contributed by atoms with E-state index < -0.39 is 11.7 Å². The summed E-state index contributed by atoms with van der Waals surface area (Å²) in [6, 6.07) is 8.46. The third kappa shape index (κ3) is 1.75. The van der Waals surface area contributed by atoms with Gasteiger partial charge in [0.25, 0.3) is 0 Å². The van der Waals surface area contributed by atoms with Gasteiger partial charge in [0.05, 0.1) is 5.56 Å². The van der Waals surface area contributed by atoms with Crippen molar-refractivity contribution in [1.82, 2.24) is 0 Å². The van der Waals surface area contributed by atoms with Crippen LogP contribution in [0.25, 0.3) is 10.8 Å². The largest absolute Gasteiger partial charge is 0.417 e. The molecule has 0 saturated heterocycles. The molecule has 0 aliphatic rings. The first kappa shape index (κ1) is 9.83. The average molecular weight is 211 g/mol. The molecule has 15 heavy (non-hydrogen) atoms. The summed E-state index contributed by atoms with van der Waals surface area (Å²) in [5, 5.41) is 0.684. The normalized spacial score (nSPS) is 11.9. The molecule has 0 fully saturated rings. The van der Waals surface area contributed by atoms with Crippen LogP contribution in [0.1, 0.15) is 5.56 Å². The van der Waals surface area contributed by atoms with E-state index in [1.54, 1.807) is 6.07 Å². The molecule has 0 unspecified atom stereocenters. The zero-order chi connectivity index (χ0) is 11.1. The van der Waals surface area contributed by atoms with Gasteiger partial charge in [-0.05, 0) is 29.0 Å².